The molecule has 0 aliphatic carbocycles. The van der Waals surface area contributed by atoms with Crippen molar-refractivity contribution in [1.29, 1.82) is 0 Å². The molecule has 0 saturated carbocycles. The van der Waals surface area contributed by atoms with E-state index >= 15 is 0 Å². The minimum absolute atomic E-state index is 0.0136. The number of rotatable bonds is 4. The molecule has 3 aliphatic rings. The summed E-state index contributed by atoms with van der Waals surface area (Å²) >= 11 is 0. The van der Waals surface area contributed by atoms with Crippen molar-refractivity contribution < 1.29 is 19.3 Å². The summed E-state index contributed by atoms with van der Waals surface area (Å²) in [6.07, 6.45) is 1.96. The highest BCUT2D eigenvalue weighted by Crippen LogP contribution is 2.46. The van der Waals surface area contributed by atoms with E-state index in [2.05, 4.69) is 34.5 Å². The lowest BCUT2D eigenvalue weighted by molar-refractivity contribution is 0.153. The summed E-state index contributed by atoms with van der Waals surface area (Å²) in [5, 5.41) is 12.4. The number of aliphatic hydroxyl groups is 1. The van der Waals surface area contributed by atoms with Gasteiger partial charge >= 0.3 is 0 Å². The molecule has 1 atom stereocenters. The van der Waals surface area contributed by atoms with Crippen LogP contribution in [0.1, 0.15) is 28.3 Å². The van der Waals surface area contributed by atoms with Gasteiger partial charge in [-0.2, -0.15) is 0 Å². The number of fused-ring (bicyclic) bond motifs is 5. The van der Waals surface area contributed by atoms with Crippen molar-refractivity contribution in [3.05, 3.63) is 46.5 Å². The van der Waals surface area contributed by atoms with Crippen molar-refractivity contribution in [1.82, 2.24) is 4.90 Å². The minimum Gasteiger partial charge on any atom is -0.489 e. The van der Waals surface area contributed by atoms with Crippen LogP contribution >= 0.6 is 0 Å². The minimum atomic E-state index is 0.0136. The van der Waals surface area contributed by atoms with Gasteiger partial charge < -0.3 is 24.6 Å². The zero-order valence-corrected chi connectivity index (χ0v) is 15.5. The topological polar surface area (TPSA) is 63.2 Å². The zero-order chi connectivity index (χ0) is 18.4. The number of hydrogen-bond donors (Lipinski definition) is 2. The molecule has 1 unspecified atom stereocenters. The zero-order valence-electron chi connectivity index (χ0n) is 15.5. The van der Waals surface area contributed by atoms with E-state index in [4.69, 9.17) is 14.2 Å². The van der Waals surface area contributed by atoms with Crippen molar-refractivity contribution in [2.75, 3.05) is 38.9 Å². The number of benzene rings is 2. The number of nitrogens with one attached hydrogen (secondary N) is 1. The van der Waals surface area contributed by atoms with Crippen LogP contribution in [0.25, 0.3) is 0 Å². The van der Waals surface area contributed by atoms with Gasteiger partial charge in [0.15, 0.2) is 11.5 Å². The van der Waals surface area contributed by atoms with Gasteiger partial charge in [-0.05, 0) is 47.7 Å². The number of hydrogen-bond acceptors (Lipinski definition) is 6. The first-order valence-electron chi connectivity index (χ1n) is 9.51. The Labute approximate surface area is 158 Å². The average Bonchev–Trinajstić information content (AvgIpc) is 3.16. The lowest BCUT2D eigenvalue weighted by Crippen LogP contribution is -2.39. The molecule has 142 valence electrons. The molecule has 0 radical (unpaired) electrons. The van der Waals surface area contributed by atoms with Gasteiger partial charge in [0.25, 0.3) is 0 Å². The van der Waals surface area contributed by atoms with Crippen LogP contribution in [-0.2, 0) is 19.4 Å². The molecule has 0 fully saturated rings. The molecule has 2 aromatic carbocycles. The average molecular weight is 368 g/mol. The highest BCUT2D eigenvalue weighted by atomic mass is 16.7. The monoisotopic (exact) mass is 368 g/mol. The SMILES string of the molecule is CNc1ccc2c(c1OCCO)CN1CCc3cc4c(cc3C1C2)OCO4. The molecule has 3 aliphatic heterocycles. The molecule has 6 nitrogen and oxygen atoms in total. The summed E-state index contributed by atoms with van der Waals surface area (Å²) in [6, 6.07) is 8.95. The lowest BCUT2D eigenvalue weighted by atomic mass is 9.83. The summed E-state index contributed by atoms with van der Waals surface area (Å²) in [5.41, 5.74) is 6.24. The molecule has 0 spiro atoms. The van der Waals surface area contributed by atoms with E-state index in [0.29, 0.717) is 19.4 Å². The van der Waals surface area contributed by atoms with Gasteiger partial charge in [0.1, 0.15) is 12.4 Å². The van der Waals surface area contributed by atoms with E-state index < -0.39 is 0 Å². The predicted octanol–water partition coefficient (Wildman–Crippen LogP) is 2.48. The van der Waals surface area contributed by atoms with E-state index in [0.717, 1.165) is 48.9 Å². The van der Waals surface area contributed by atoms with Gasteiger partial charge in [-0.25, -0.2) is 0 Å². The lowest BCUT2D eigenvalue weighted by Gasteiger charge is -2.42. The largest absolute Gasteiger partial charge is 0.489 e. The summed E-state index contributed by atoms with van der Waals surface area (Å²) in [4.78, 5) is 2.53. The van der Waals surface area contributed by atoms with Crippen molar-refractivity contribution in [3.8, 4) is 17.2 Å². The standard InChI is InChI=1S/C21H24N2O4/c1-22-17-3-2-13-8-18-15-10-20-19(26-12-27-20)9-14(15)4-5-23(18)11-16(13)21(17)25-7-6-24/h2-3,9-10,18,22,24H,4-8,11-12H2,1H3. The third kappa shape index (κ3) is 2.71. The second-order valence-electron chi connectivity index (χ2n) is 7.25. The normalized spacial score (nSPS) is 19.9. The molecule has 6 heteroatoms. The maximum atomic E-state index is 9.19. The summed E-state index contributed by atoms with van der Waals surface area (Å²) < 4.78 is 17.1. The molecule has 27 heavy (non-hydrogen) atoms. The Kier molecular flexibility index (Phi) is 4.10. The number of aliphatic hydroxyl groups excluding tert-OH is 1. The second kappa shape index (κ2) is 6.62. The smallest absolute Gasteiger partial charge is 0.231 e. The van der Waals surface area contributed by atoms with Crippen molar-refractivity contribution in [2.45, 2.75) is 25.4 Å². The molecule has 5 rings (SSSR count). The Hall–Kier alpha value is -2.44. The Morgan fingerprint density at radius 2 is 2.07 bits per heavy atom. The molecule has 0 saturated heterocycles. The van der Waals surface area contributed by atoms with Crippen LogP contribution in [0.5, 0.6) is 17.2 Å². The summed E-state index contributed by atoms with van der Waals surface area (Å²) in [6.45, 7) is 2.50. The molecule has 0 amide bonds. The number of ether oxygens (including phenoxy) is 3. The highest BCUT2D eigenvalue weighted by Gasteiger charge is 2.35. The van der Waals surface area contributed by atoms with Gasteiger partial charge in [0.05, 0.1) is 12.3 Å². The first kappa shape index (κ1) is 16.7. The summed E-state index contributed by atoms with van der Waals surface area (Å²) in [5.74, 6) is 2.61. The van der Waals surface area contributed by atoms with E-state index in [1.807, 2.05) is 7.05 Å². The van der Waals surface area contributed by atoms with Crippen molar-refractivity contribution in [2.24, 2.45) is 0 Å². The number of anilines is 1. The molecule has 3 heterocycles. The van der Waals surface area contributed by atoms with Gasteiger partial charge in [-0.1, -0.05) is 6.07 Å². The number of nitrogens with zero attached hydrogens (tertiary/aromatic N) is 1. The van der Waals surface area contributed by atoms with E-state index in [1.54, 1.807) is 0 Å². The molecule has 2 aromatic rings. The Bertz CT molecular complexity index is 883. The van der Waals surface area contributed by atoms with E-state index in [9.17, 15) is 5.11 Å². The first-order valence-corrected chi connectivity index (χ1v) is 9.51. The third-order valence-corrected chi connectivity index (χ3v) is 5.84. The molecule has 0 bridgehead atoms. The Morgan fingerprint density at radius 1 is 1.22 bits per heavy atom. The Balaban J connectivity index is 1.53. The van der Waals surface area contributed by atoms with Crippen LogP contribution in [0.4, 0.5) is 5.69 Å². The van der Waals surface area contributed by atoms with Crippen LogP contribution in [0.15, 0.2) is 24.3 Å². The van der Waals surface area contributed by atoms with Gasteiger partial charge in [0.2, 0.25) is 6.79 Å². The maximum absolute atomic E-state index is 9.19. The predicted molar refractivity (Wildman–Crippen MR) is 102 cm³/mol. The Morgan fingerprint density at radius 3 is 2.89 bits per heavy atom. The van der Waals surface area contributed by atoms with Crippen LogP contribution in [0.2, 0.25) is 0 Å². The fourth-order valence-corrected chi connectivity index (χ4v) is 4.53. The van der Waals surface area contributed by atoms with Gasteiger partial charge in [-0.3, -0.25) is 4.90 Å². The quantitative estimate of drug-likeness (QED) is 0.865. The molecular formula is C21H24N2O4. The highest BCUT2D eigenvalue weighted by molar-refractivity contribution is 5.63. The van der Waals surface area contributed by atoms with E-state index in [1.165, 1.54) is 22.3 Å². The first-order chi connectivity index (χ1) is 13.3. The van der Waals surface area contributed by atoms with Crippen LogP contribution < -0.4 is 19.5 Å². The molecule has 2 N–H and O–H groups in total. The summed E-state index contributed by atoms with van der Waals surface area (Å²) in [7, 11) is 1.90. The third-order valence-electron chi connectivity index (χ3n) is 5.84. The van der Waals surface area contributed by atoms with Gasteiger partial charge in [0, 0.05) is 31.7 Å². The van der Waals surface area contributed by atoms with Crippen LogP contribution in [0.3, 0.4) is 0 Å². The molecular weight excluding hydrogens is 344 g/mol. The van der Waals surface area contributed by atoms with Crippen LogP contribution in [-0.4, -0.2) is 43.6 Å². The van der Waals surface area contributed by atoms with Crippen molar-refractivity contribution >= 4 is 5.69 Å². The van der Waals surface area contributed by atoms with E-state index in [-0.39, 0.29) is 6.61 Å². The second-order valence-corrected chi connectivity index (χ2v) is 7.25. The fraction of sp³-hybridized carbons (Fsp3) is 0.429. The van der Waals surface area contributed by atoms with Gasteiger partial charge in [-0.15, -0.1) is 0 Å². The van der Waals surface area contributed by atoms with Crippen LogP contribution in [0, 0.1) is 0 Å². The fourth-order valence-electron chi connectivity index (χ4n) is 4.53. The maximum Gasteiger partial charge on any atom is 0.231 e. The van der Waals surface area contributed by atoms with Crippen molar-refractivity contribution in [3.63, 3.8) is 0 Å². The molecule has 0 aromatic heterocycles.